The van der Waals surface area contributed by atoms with Crippen molar-refractivity contribution in [2.45, 2.75) is 58.5 Å². The topological polar surface area (TPSA) is 63.3 Å². The molecule has 2 aromatic rings. The first-order valence-electron chi connectivity index (χ1n) is 8.50. The molecule has 0 bridgehead atoms. The number of rotatable bonds is 3. The van der Waals surface area contributed by atoms with E-state index < -0.39 is 11.5 Å². The second kappa shape index (κ2) is 5.85. The maximum Gasteiger partial charge on any atom is 0.137 e. The average Bonchev–Trinajstić information content (AvgIpc) is 2.85. The lowest BCUT2D eigenvalue weighted by molar-refractivity contribution is -0.130. The molecule has 0 saturated carbocycles. The van der Waals surface area contributed by atoms with Crippen LogP contribution in [0.5, 0.6) is 0 Å². The molecule has 4 heteroatoms. The molecule has 1 heterocycles. The summed E-state index contributed by atoms with van der Waals surface area (Å²) in [4.78, 5) is 12.4. The van der Waals surface area contributed by atoms with E-state index in [0.717, 1.165) is 22.6 Å². The Morgan fingerprint density at radius 2 is 1.96 bits per heavy atom. The summed E-state index contributed by atoms with van der Waals surface area (Å²) >= 11 is 0. The molecule has 3 atom stereocenters. The van der Waals surface area contributed by atoms with Gasteiger partial charge in [0, 0.05) is 17.9 Å². The quantitative estimate of drug-likeness (QED) is 0.932. The van der Waals surface area contributed by atoms with Gasteiger partial charge in [0.25, 0.3) is 0 Å². The van der Waals surface area contributed by atoms with E-state index >= 15 is 0 Å². The monoisotopic (exact) mass is 327 g/mol. The van der Waals surface area contributed by atoms with Crippen molar-refractivity contribution < 1.29 is 14.4 Å². The van der Waals surface area contributed by atoms with Crippen molar-refractivity contribution in [2.24, 2.45) is 5.92 Å². The molecular weight excluding hydrogens is 302 g/mol. The Kier molecular flexibility index (Phi) is 4.12. The Bertz CT molecular complexity index is 756. The first-order chi connectivity index (χ1) is 11.2. The van der Waals surface area contributed by atoms with Gasteiger partial charge in [0.2, 0.25) is 0 Å². The summed E-state index contributed by atoms with van der Waals surface area (Å²) in [5.41, 5.74) is 2.85. The van der Waals surface area contributed by atoms with Crippen LogP contribution in [0.3, 0.4) is 0 Å². The lowest BCUT2D eigenvalue weighted by atomic mass is 9.64. The minimum absolute atomic E-state index is 0.0100. The van der Waals surface area contributed by atoms with E-state index in [2.05, 4.69) is 43.3 Å². The highest BCUT2D eigenvalue weighted by atomic mass is 16.5. The van der Waals surface area contributed by atoms with E-state index in [0.29, 0.717) is 12.3 Å². The van der Waals surface area contributed by atoms with Crippen molar-refractivity contribution in [3.05, 3.63) is 52.4 Å². The highest BCUT2D eigenvalue weighted by Crippen LogP contribution is 2.47. The summed E-state index contributed by atoms with van der Waals surface area (Å²) in [5.74, 6) is 0.431. The first kappa shape index (κ1) is 16.9. The fourth-order valence-electron chi connectivity index (χ4n) is 4.05. The zero-order valence-electron chi connectivity index (χ0n) is 15.0. The molecule has 4 nitrogen and oxygen atoms in total. The fourth-order valence-corrected chi connectivity index (χ4v) is 4.05. The van der Waals surface area contributed by atoms with Gasteiger partial charge in [0.05, 0.1) is 17.2 Å². The van der Waals surface area contributed by atoms with Gasteiger partial charge in [-0.15, -0.1) is 0 Å². The molecule has 0 aliphatic heterocycles. The number of hydrogen-bond donors (Lipinski definition) is 1. The van der Waals surface area contributed by atoms with Crippen molar-refractivity contribution in [1.29, 1.82) is 0 Å². The van der Waals surface area contributed by atoms with Crippen LogP contribution >= 0.6 is 0 Å². The summed E-state index contributed by atoms with van der Waals surface area (Å²) < 4.78 is 5.38. The normalized spacial score (nSPS) is 26.5. The van der Waals surface area contributed by atoms with Gasteiger partial charge in [-0.1, -0.05) is 43.3 Å². The third-order valence-corrected chi connectivity index (χ3v) is 5.22. The molecule has 1 aromatic heterocycles. The number of ketones is 1. The number of carbonyl (C=O) groups excluding carboxylic acids is 1. The van der Waals surface area contributed by atoms with Crippen LogP contribution in [0.25, 0.3) is 0 Å². The fraction of sp³-hybridized carbons (Fsp3) is 0.500. The Balaban J connectivity index is 2.17. The molecule has 0 fully saturated rings. The summed E-state index contributed by atoms with van der Waals surface area (Å²) in [6.07, 6.45) is 0.338. The van der Waals surface area contributed by atoms with E-state index in [1.165, 1.54) is 5.56 Å². The van der Waals surface area contributed by atoms with Crippen LogP contribution in [0.2, 0.25) is 0 Å². The largest absolute Gasteiger partial charge is 0.389 e. The van der Waals surface area contributed by atoms with Crippen LogP contribution in [0.4, 0.5) is 0 Å². The van der Waals surface area contributed by atoms with Crippen molar-refractivity contribution in [3.8, 4) is 0 Å². The summed E-state index contributed by atoms with van der Waals surface area (Å²) in [6.45, 7) is 9.46. The highest BCUT2D eigenvalue weighted by molar-refractivity contribution is 5.82. The van der Waals surface area contributed by atoms with Crippen LogP contribution in [0.1, 0.15) is 67.7 Å². The summed E-state index contributed by atoms with van der Waals surface area (Å²) in [7, 11) is 0. The summed E-state index contributed by atoms with van der Waals surface area (Å²) in [6, 6.07) is 8.33. The third-order valence-electron chi connectivity index (χ3n) is 5.22. The van der Waals surface area contributed by atoms with Gasteiger partial charge in [-0.05, 0) is 37.8 Å². The lowest BCUT2D eigenvalue weighted by Crippen LogP contribution is -2.48. The molecule has 3 rings (SSSR count). The highest BCUT2D eigenvalue weighted by Gasteiger charge is 2.49. The first-order valence-corrected chi connectivity index (χ1v) is 8.50. The van der Waals surface area contributed by atoms with Gasteiger partial charge < -0.3 is 9.63 Å². The summed E-state index contributed by atoms with van der Waals surface area (Å²) in [5, 5.41) is 15.1. The Labute approximate surface area is 142 Å². The number of fused-ring (bicyclic) bond motifs is 1. The van der Waals surface area contributed by atoms with Crippen LogP contribution < -0.4 is 0 Å². The minimum Gasteiger partial charge on any atom is -0.389 e. The maximum absolute atomic E-state index is 12.4. The van der Waals surface area contributed by atoms with Gasteiger partial charge in [0.15, 0.2) is 0 Å². The van der Waals surface area contributed by atoms with Crippen molar-refractivity contribution in [3.63, 3.8) is 0 Å². The smallest absolute Gasteiger partial charge is 0.137 e. The Morgan fingerprint density at radius 1 is 1.33 bits per heavy atom. The maximum atomic E-state index is 12.4. The number of aromatic nitrogens is 1. The van der Waals surface area contributed by atoms with Gasteiger partial charge in [-0.2, -0.15) is 0 Å². The van der Waals surface area contributed by atoms with E-state index in [-0.39, 0.29) is 11.7 Å². The predicted molar refractivity (Wildman–Crippen MR) is 92.1 cm³/mol. The van der Waals surface area contributed by atoms with E-state index in [9.17, 15) is 9.90 Å². The van der Waals surface area contributed by atoms with Gasteiger partial charge >= 0.3 is 0 Å². The zero-order chi connectivity index (χ0) is 17.6. The molecule has 1 N–H and O–H groups in total. The molecule has 0 radical (unpaired) electrons. The Hall–Kier alpha value is -1.94. The average molecular weight is 327 g/mol. The third kappa shape index (κ3) is 2.69. The molecule has 128 valence electrons. The lowest BCUT2D eigenvalue weighted by Gasteiger charge is -2.40. The molecule has 1 aliphatic carbocycles. The molecule has 24 heavy (non-hydrogen) atoms. The van der Waals surface area contributed by atoms with Crippen molar-refractivity contribution in [2.75, 3.05) is 0 Å². The SMILES string of the molecule is CC(=O)[C@@H]1[C@H](c2ccc(C(C)C)cc2)c2c(noc2C)C[C@]1(C)O. The van der Waals surface area contributed by atoms with Crippen LogP contribution in [0.15, 0.2) is 28.8 Å². The predicted octanol–water partition coefficient (Wildman–Crippen LogP) is 3.75. The zero-order valence-corrected chi connectivity index (χ0v) is 15.0. The standard InChI is InChI=1S/C20H25NO3/c1-11(2)14-6-8-15(9-7-14)18-17-13(4)24-21-16(17)10-20(5,23)19(18)12(3)22/h6-9,11,18-19,23H,10H2,1-5H3/t18-,19-,20+/m1/s1. The number of carbonyl (C=O) groups is 1. The minimum atomic E-state index is -1.14. The van der Waals surface area contributed by atoms with Crippen LogP contribution in [-0.2, 0) is 11.2 Å². The van der Waals surface area contributed by atoms with Crippen LogP contribution in [-0.4, -0.2) is 21.6 Å². The van der Waals surface area contributed by atoms with Crippen LogP contribution in [0, 0.1) is 12.8 Å². The molecule has 0 unspecified atom stereocenters. The molecule has 0 spiro atoms. The molecule has 1 aromatic carbocycles. The van der Waals surface area contributed by atoms with Crippen molar-refractivity contribution >= 4 is 5.78 Å². The molecule has 0 saturated heterocycles. The van der Waals surface area contributed by atoms with E-state index in [1.807, 2.05) is 6.92 Å². The number of Topliss-reactive ketones (excluding diaryl/α,β-unsaturated/α-hetero) is 1. The molecule has 1 aliphatic rings. The Morgan fingerprint density at radius 3 is 2.50 bits per heavy atom. The number of aryl methyl sites for hydroxylation is 1. The number of nitrogens with zero attached hydrogens (tertiary/aromatic N) is 1. The van der Waals surface area contributed by atoms with Gasteiger partial charge in [-0.25, -0.2) is 0 Å². The van der Waals surface area contributed by atoms with Gasteiger partial charge in [-0.3, -0.25) is 4.79 Å². The number of hydrogen-bond acceptors (Lipinski definition) is 4. The molecule has 0 amide bonds. The van der Waals surface area contributed by atoms with Gasteiger partial charge in [0.1, 0.15) is 11.5 Å². The molecular formula is C20H25NO3. The van der Waals surface area contributed by atoms with E-state index in [1.54, 1.807) is 13.8 Å². The number of aliphatic hydroxyl groups is 1. The second-order valence-electron chi connectivity index (χ2n) is 7.52. The second-order valence-corrected chi connectivity index (χ2v) is 7.52. The van der Waals surface area contributed by atoms with Crippen molar-refractivity contribution in [1.82, 2.24) is 5.16 Å². The van der Waals surface area contributed by atoms with E-state index in [4.69, 9.17) is 4.52 Å². The number of benzene rings is 1.